The smallest absolute Gasteiger partial charge is 0.270 e. The van der Waals surface area contributed by atoms with E-state index in [1.54, 1.807) is 12.1 Å². The van der Waals surface area contributed by atoms with E-state index in [4.69, 9.17) is 28.2 Å². The van der Waals surface area contributed by atoms with E-state index >= 15 is 0 Å². The summed E-state index contributed by atoms with van der Waals surface area (Å²) < 4.78 is 5.64. The fourth-order valence-corrected chi connectivity index (χ4v) is 2.94. The number of nitro groups is 1. The Labute approximate surface area is 163 Å². The lowest BCUT2D eigenvalue weighted by atomic mass is 10.1. The van der Waals surface area contributed by atoms with Gasteiger partial charge in [0.2, 0.25) is 0 Å². The van der Waals surface area contributed by atoms with Crippen molar-refractivity contribution >= 4 is 52.5 Å². The molecule has 2 heterocycles. The first kappa shape index (κ1) is 18.7. The van der Waals surface area contributed by atoms with Gasteiger partial charge in [0.1, 0.15) is 17.1 Å². The predicted octanol–water partition coefficient (Wildman–Crippen LogP) is 3.11. The number of non-ortho nitro benzene ring substituents is 1. The summed E-state index contributed by atoms with van der Waals surface area (Å²) in [6, 6.07) is 7.15. The number of amides is 2. The first-order valence-electron chi connectivity index (χ1n) is 7.56. The molecule has 1 aromatic heterocycles. The molecule has 8 nitrogen and oxygen atoms in total. The monoisotopic (exact) mass is 405 g/mol. The van der Waals surface area contributed by atoms with Crippen LogP contribution in [-0.4, -0.2) is 45.7 Å². The van der Waals surface area contributed by atoms with Crippen LogP contribution in [0, 0.1) is 10.1 Å². The molecule has 1 saturated heterocycles. The van der Waals surface area contributed by atoms with Crippen LogP contribution in [0.4, 0.5) is 5.69 Å². The maximum absolute atomic E-state index is 12.3. The van der Waals surface area contributed by atoms with E-state index in [1.807, 2.05) is 0 Å². The Hall–Kier alpha value is -3.04. The quantitative estimate of drug-likeness (QED) is 0.256. The van der Waals surface area contributed by atoms with E-state index in [2.05, 4.69) is 0 Å². The number of benzene rings is 1. The van der Waals surface area contributed by atoms with Gasteiger partial charge >= 0.3 is 0 Å². The average Bonchev–Trinajstić information content (AvgIpc) is 3.10. The highest BCUT2D eigenvalue weighted by molar-refractivity contribution is 7.80. The molecular weight excluding hydrogens is 394 g/mol. The number of thiocarbonyl (C=S) groups is 1. The Balaban J connectivity index is 1.96. The number of hydrogen-bond acceptors (Lipinski definition) is 6. The van der Waals surface area contributed by atoms with Crippen molar-refractivity contribution in [2.45, 2.75) is 0 Å². The number of carbonyl (C=O) groups excluding carboxylic acids is 2. The van der Waals surface area contributed by atoms with E-state index in [0.717, 1.165) is 0 Å². The maximum Gasteiger partial charge on any atom is 0.270 e. The van der Waals surface area contributed by atoms with Crippen molar-refractivity contribution in [1.82, 2.24) is 9.80 Å². The minimum Gasteiger partial charge on any atom is -0.457 e. The second-order valence-electron chi connectivity index (χ2n) is 5.69. The molecule has 0 radical (unpaired) electrons. The summed E-state index contributed by atoms with van der Waals surface area (Å²) in [5.41, 5.74) is 0.214. The summed E-state index contributed by atoms with van der Waals surface area (Å²) in [6.45, 7) is 0. The van der Waals surface area contributed by atoms with Gasteiger partial charge in [0.05, 0.1) is 9.95 Å². The molecule has 1 aliphatic heterocycles. The Morgan fingerprint density at radius 1 is 1.15 bits per heavy atom. The molecule has 0 spiro atoms. The number of furan rings is 1. The molecule has 1 aromatic carbocycles. The molecular formula is C17H12ClN3O5S. The van der Waals surface area contributed by atoms with Gasteiger partial charge in [-0.15, -0.1) is 0 Å². The third-order valence-corrected chi connectivity index (χ3v) is 4.85. The first-order valence-corrected chi connectivity index (χ1v) is 8.35. The second kappa shape index (κ2) is 6.93. The van der Waals surface area contributed by atoms with Crippen molar-refractivity contribution < 1.29 is 18.9 Å². The normalized spacial score (nSPS) is 14.8. The van der Waals surface area contributed by atoms with Crippen LogP contribution in [0.5, 0.6) is 0 Å². The van der Waals surface area contributed by atoms with Gasteiger partial charge in [0.25, 0.3) is 17.5 Å². The van der Waals surface area contributed by atoms with Gasteiger partial charge in [-0.1, -0.05) is 11.6 Å². The number of hydrogen-bond donors (Lipinski definition) is 0. The molecule has 0 aliphatic carbocycles. The Bertz CT molecular complexity index is 1000. The molecule has 138 valence electrons. The zero-order valence-electron chi connectivity index (χ0n) is 14.1. The average molecular weight is 406 g/mol. The van der Waals surface area contributed by atoms with E-state index in [-0.39, 0.29) is 27.2 Å². The molecule has 3 rings (SSSR count). The summed E-state index contributed by atoms with van der Waals surface area (Å²) in [7, 11) is 2.96. The lowest BCUT2D eigenvalue weighted by Crippen LogP contribution is -2.52. The number of halogens is 1. The molecule has 2 aromatic rings. The van der Waals surface area contributed by atoms with Gasteiger partial charge in [-0.05, 0) is 36.5 Å². The van der Waals surface area contributed by atoms with E-state index < -0.39 is 16.7 Å². The molecule has 0 saturated carbocycles. The van der Waals surface area contributed by atoms with Gasteiger partial charge in [-0.3, -0.25) is 29.5 Å². The third-order valence-electron chi connectivity index (χ3n) is 3.99. The SMILES string of the molecule is CN1C(=O)C(=Cc2ccc(-c3ccc([N+](=O)[O-])cc3Cl)o2)C(=O)N(C)C1=S. The molecule has 0 bridgehead atoms. The highest BCUT2D eigenvalue weighted by Crippen LogP contribution is 2.33. The fraction of sp³-hybridized carbons (Fsp3) is 0.118. The standard InChI is InChI=1S/C17H12ClN3O5S/c1-19-15(22)12(16(23)20(2)17(19)27)8-10-4-6-14(26-10)11-5-3-9(21(24)25)7-13(11)18/h3-8H,1-2H3. The molecule has 0 atom stereocenters. The number of likely N-dealkylation sites (N-methyl/N-ethyl adjacent to an activating group) is 2. The van der Waals surface area contributed by atoms with Crippen LogP contribution >= 0.6 is 23.8 Å². The summed E-state index contributed by atoms with van der Waals surface area (Å²) >= 11 is 11.1. The highest BCUT2D eigenvalue weighted by atomic mass is 35.5. The molecule has 27 heavy (non-hydrogen) atoms. The lowest BCUT2D eigenvalue weighted by molar-refractivity contribution is -0.384. The minimum absolute atomic E-state index is 0.0932. The Morgan fingerprint density at radius 2 is 1.78 bits per heavy atom. The second-order valence-corrected chi connectivity index (χ2v) is 6.46. The van der Waals surface area contributed by atoms with Crippen molar-refractivity contribution in [3.05, 3.63) is 56.8 Å². The predicted molar refractivity (Wildman–Crippen MR) is 102 cm³/mol. The zero-order valence-corrected chi connectivity index (χ0v) is 15.7. The molecule has 0 N–H and O–H groups in total. The van der Waals surface area contributed by atoms with Crippen LogP contribution in [0.3, 0.4) is 0 Å². The lowest BCUT2D eigenvalue weighted by Gasteiger charge is -2.31. The van der Waals surface area contributed by atoms with Crippen LogP contribution in [0.15, 0.2) is 40.3 Å². The topological polar surface area (TPSA) is 96.9 Å². The van der Waals surface area contributed by atoms with E-state index in [9.17, 15) is 19.7 Å². The maximum atomic E-state index is 12.3. The van der Waals surface area contributed by atoms with Crippen molar-refractivity contribution in [2.75, 3.05) is 14.1 Å². The van der Waals surface area contributed by atoms with E-state index in [0.29, 0.717) is 11.3 Å². The number of nitrogens with zero attached hydrogens (tertiary/aromatic N) is 3. The highest BCUT2D eigenvalue weighted by Gasteiger charge is 2.35. The van der Waals surface area contributed by atoms with Crippen molar-refractivity contribution in [3.8, 4) is 11.3 Å². The van der Waals surface area contributed by atoms with Gasteiger partial charge in [0.15, 0.2) is 5.11 Å². The summed E-state index contributed by atoms with van der Waals surface area (Å²) in [5, 5.41) is 11.1. The largest absolute Gasteiger partial charge is 0.457 e. The van der Waals surface area contributed by atoms with Crippen LogP contribution in [0.1, 0.15) is 5.76 Å². The number of carbonyl (C=O) groups is 2. The van der Waals surface area contributed by atoms with Gasteiger partial charge in [-0.25, -0.2) is 0 Å². The van der Waals surface area contributed by atoms with Crippen LogP contribution in [0.25, 0.3) is 17.4 Å². The number of nitro benzene ring substituents is 1. The zero-order chi connectivity index (χ0) is 19.9. The first-order chi connectivity index (χ1) is 12.7. The summed E-state index contributed by atoms with van der Waals surface area (Å²) in [6.07, 6.45) is 1.32. The van der Waals surface area contributed by atoms with Gasteiger partial charge < -0.3 is 4.42 Å². The molecule has 0 unspecified atom stereocenters. The van der Waals surface area contributed by atoms with E-state index in [1.165, 1.54) is 48.2 Å². The van der Waals surface area contributed by atoms with Crippen molar-refractivity contribution in [1.29, 1.82) is 0 Å². The Kier molecular flexibility index (Phi) is 4.81. The fourth-order valence-electron chi connectivity index (χ4n) is 2.51. The summed E-state index contributed by atoms with van der Waals surface area (Å²) in [4.78, 5) is 37.3. The van der Waals surface area contributed by atoms with Crippen molar-refractivity contribution in [3.63, 3.8) is 0 Å². The van der Waals surface area contributed by atoms with Crippen molar-refractivity contribution in [2.24, 2.45) is 0 Å². The number of rotatable bonds is 3. The van der Waals surface area contributed by atoms with Crippen LogP contribution in [0.2, 0.25) is 5.02 Å². The molecule has 1 fully saturated rings. The third kappa shape index (κ3) is 3.34. The molecule has 2 amide bonds. The minimum atomic E-state index is -0.550. The van der Waals surface area contributed by atoms with Crippen LogP contribution < -0.4 is 0 Å². The summed E-state index contributed by atoms with van der Waals surface area (Å²) in [5.74, 6) is -0.468. The van der Waals surface area contributed by atoms with Crippen LogP contribution in [-0.2, 0) is 9.59 Å². The molecule has 1 aliphatic rings. The van der Waals surface area contributed by atoms with Gasteiger partial charge in [0, 0.05) is 31.8 Å². The van der Waals surface area contributed by atoms with Gasteiger partial charge in [-0.2, -0.15) is 0 Å². The Morgan fingerprint density at radius 3 is 2.33 bits per heavy atom. The molecule has 10 heteroatoms.